The van der Waals surface area contributed by atoms with Gasteiger partial charge >= 0.3 is 0 Å². The van der Waals surface area contributed by atoms with Crippen LogP contribution in [-0.4, -0.2) is 40.5 Å². The first-order valence-electron chi connectivity index (χ1n) is 8.22. The maximum atomic E-state index is 12.2. The predicted molar refractivity (Wildman–Crippen MR) is 106 cm³/mol. The number of thioether (sulfide) groups is 1. The normalized spacial score (nSPS) is 10.5. The fourth-order valence-electron chi connectivity index (χ4n) is 2.40. The number of hydrogen-bond donors (Lipinski definition) is 1. The van der Waals surface area contributed by atoms with Crippen LogP contribution in [0.1, 0.15) is 5.56 Å². The molecule has 1 aromatic carbocycles. The molecule has 0 radical (unpaired) electrons. The van der Waals surface area contributed by atoms with Gasteiger partial charge in [-0.25, -0.2) is 4.68 Å². The van der Waals surface area contributed by atoms with Crippen molar-refractivity contribution in [2.75, 3.05) is 30.1 Å². The SMILES string of the molecule is CN(C)c1ccc(Cn2nccc2NC(=O)CSc2ccncc2)cc1. The standard InChI is InChI=1S/C19H21N5OS/c1-23(2)16-5-3-15(4-6-16)13-24-18(9-12-21-24)22-19(25)14-26-17-7-10-20-11-8-17/h3-12H,13-14H2,1-2H3,(H,22,25). The first kappa shape index (κ1) is 18.0. The smallest absolute Gasteiger partial charge is 0.235 e. The van der Waals surface area contributed by atoms with E-state index in [1.54, 1.807) is 23.3 Å². The van der Waals surface area contributed by atoms with E-state index in [0.717, 1.165) is 16.1 Å². The average molecular weight is 367 g/mol. The number of pyridine rings is 1. The van der Waals surface area contributed by atoms with Crippen LogP contribution in [0.3, 0.4) is 0 Å². The number of nitrogens with one attached hydrogen (secondary N) is 1. The second kappa shape index (κ2) is 8.53. The molecule has 0 aliphatic rings. The molecule has 0 saturated carbocycles. The summed E-state index contributed by atoms with van der Waals surface area (Å²) in [5, 5.41) is 7.24. The molecule has 3 rings (SSSR count). The third kappa shape index (κ3) is 4.86. The Balaban J connectivity index is 1.58. The van der Waals surface area contributed by atoms with E-state index in [4.69, 9.17) is 0 Å². The number of anilines is 2. The van der Waals surface area contributed by atoms with Gasteiger partial charge in [-0.3, -0.25) is 9.78 Å². The molecule has 0 atom stereocenters. The van der Waals surface area contributed by atoms with E-state index in [9.17, 15) is 4.79 Å². The minimum Gasteiger partial charge on any atom is -0.378 e. The van der Waals surface area contributed by atoms with E-state index in [-0.39, 0.29) is 5.91 Å². The Hall–Kier alpha value is -2.80. The summed E-state index contributed by atoms with van der Waals surface area (Å²) in [6.07, 6.45) is 5.13. The highest BCUT2D eigenvalue weighted by Gasteiger charge is 2.09. The second-order valence-electron chi connectivity index (χ2n) is 5.95. The van der Waals surface area contributed by atoms with Crippen LogP contribution < -0.4 is 10.2 Å². The van der Waals surface area contributed by atoms with Crippen LogP contribution in [0.5, 0.6) is 0 Å². The number of rotatable bonds is 7. The molecule has 2 aromatic heterocycles. The topological polar surface area (TPSA) is 63.1 Å². The summed E-state index contributed by atoms with van der Waals surface area (Å²) in [5.74, 6) is 0.978. The summed E-state index contributed by atoms with van der Waals surface area (Å²) in [5.41, 5.74) is 2.27. The first-order valence-corrected chi connectivity index (χ1v) is 9.21. The average Bonchev–Trinajstić information content (AvgIpc) is 3.08. The van der Waals surface area contributed by atoms with E-state index in [1.165, 1.54) is 11.8 Å². The van der Waals surface area contributed by atoms with Crippen molar-refractivity contribution < 1.29 is 4.79 Å². The fourth-order valence-corrected chi connectivity index (χ4v) is 3.08. The molecule has 0 fully saturated rings. The fraction of sp³-hybridized carbons (Fsp3) is 0.211. The van der Waals surface area contributed by atoms with Crippen LogP contribution in [0.15, 0.2) is 66.0 Å². The summed E-state index contributed by atoms with van der Waals surface area (Å²) >= 11 is 1.48. The lowest BCUT2D eigenvalue weighted by atomic mass is 10.2. The monoisotopic (exact) mass is 367 g/mol. The van der Waals surface area contributed by atoms with Crippen LogP contribution in [0, 0.1) is 0 Å². The zero-order chi connectivity index (χ0) is 18.4. The lowest BCUT2D eigenvalue weighted by molar-refractivity contribution is -0.113. The summed E-state index contributed by atoms with van der Waals surface area (Å²) in [7, 11) is 4.03. The summed E-state index contributed by atoms with van der Waals surface area (Å²) in [4.78, 5) is 19.3. The Morgan fingerprint density at radius 2 is 1.81 bits per heavy atom. The molecule has 2 heterocycles. The zero-order valence-corrected chi connectivity index (χ0v) is 15.6. The highest BCUT2D eigenvalue weighted by Crippen LogP contribution is 2.18. The van der Waals surface area contributed by atoms with E-state index < -0.39 is 0 Å². The van der Waals surface area contributed by atoms with Gasteiger partial charge in [0.2, 0.25) is 5.91 Å². The molecular formula is C19H21N5OS. The van der Waals surface area contributed by atoms with Crippen molar-refractivity contribution in [2.45, 2.75) is 11.4 Å². The molecule has 7 heteroatoms. The summed E-state index contributed by atoms with van der Waals surface area (Å²) in [6, 6.07) is 13.9. The van der Waals surface area contributed by atoms with Crippen LogP contribution in [-0.2, 0) is 11.3 Å². The van der Waals surface area contributed by atoms with E-state index in [1.807, 2.05) is 32.3 Å². The Morgan fingerprint density at radius 1 is 1.08 bits per heavy atom. The summed E-state index contributed by atoms with van der Waals surface area (Å²) < 4.78 is 1.79. The van der Waals surface area contributed by atoms with E-state index in [0.29, 0.717) is 18.1 Å². The van der Waals surface area contributed by atoms with Gasteiger partial charge in [0.15, 0.2) is 0 Å². The van der Waals surface area contributed by atoms with Crippen LogP contribution >= 0.6 is 11.8 Å². The van der Waals surface area contributed by atoms with Crippen molar-refractivity contribution in [1.82, 2.24) is 14.8 Å². The zero-order valence-electron chi connectivity index (χ0n) is 14.8. The molecule has 0 saturated heterocycles. The van der Waals surface area contributed by atoms with Crippen molar-refractivity contribution in [3.05, 3.63) is 66.6 Å². The Labute approximate surface area is 157 Å². The third-order valence-electron chi connectivity index (χ3n) is 3.79. The number of carbonyl (C=O) groups excluding carboxylic acids is 1. The molecule has 0 bridgehead atoms. The van der Waals surface area contributed by atoms with Crippen molar-refractivity contribution in [2.24, 2.45) is 0 Å². The predicted octanol–water partition coefficient (Wildman–Crippen LogP) is 3.12. The van der Waals surface area contributed by atoms with Crippen LogP contribution in [0.25, 0.3) is 0 Å². The van der Waals surface area contributed by atoms with Crippen molar-refractivity contribution in [3.8, 4) is 0 Å². The van der Waals surface area contributed by atoms with Gasteiger partial charge in [0.05, 0.1) is 18.5 Å². The molecule has 26 heavy (non-hydrogen) atoms. The highest BCUT2D eigenvalue weighted by atomic mass is 32.2. The number of carbonyl (C=O) groups is 1. The molecule has 0 unspecified atom stereocenters. The van der Waals surface area contributed by atoms with Gasteiger partial charge in [-0.2, -0.15) is 5.10 Å². The van der Waals surface area contributed by atoms with Crippen molar-refractivity contribution in [1.29, 1.82) is 0 Å². The lowest BCUT2D eigenvalue weighted by Gasteiger charge is -2.13. The van der Waals surface area contributed by atoms with Gasteiger partial charge in [0.1, 0.15) is 5.82 Å². The van der Waals surface area contributed by atoms with Gasteiger partial charge in [0, 0.05) is 43.1 Å². The van der Waals surface area contributed by atoms with Crippen molar-refractivity contribution >= 4 is 29.2 Å². The lowest BCUT2D eigenvalue weighted by Crippen LogP contribution is -2.17. The summed E-state index contributed by atoms with van der Waals surface area (Å²) in [6.45, 7) is 0.605. The number of aromatic nitrogens is 3. The number of nitrogens with zero attached hydrogens (tertiary/aromatic N) is 4. The van der Waals surface area contributed by atoms with Crippen LogP contribution in [0.2, 0.25) is 0 Å². The quantitative estimate of drug-likeness (QED) is 0.650. The number of amides is 1. The van der Waals surface area contributed by atoms with Gasteiger partial charge in [-0.05, 0) is 29.8 Å². The molecule has 3 aromatic rings. The van der Waals surface area contributed by atoms with E-state index >= 15 is 0 Å². The van der Waals surface area contributed by atoms with Gasteiger partial charge in [-0.1, -0.05) is 12.1 Å². The molecule has 1 amide bonds. The maximum Gasteiger partial charge on any atom is 0.235 e. The molecule has 1 N–H and O–H groups in total. The molecular weight excluding hydrogens is 346 g/mol. The maximum absolute atomic E-state index is 12.2. The minimum absolute atomic E-state index is 0.0588. The molecule has 134 valence electrons. The molecule has 0 aliphatic heterocycles. The highest BCUT2D eigenvalue weighted by molar-refractivity contribution is 8.00. The Kier molecular flexibility index (Phi) is 5.91. The molecule has 6 nitrogen and oxygen atoms in total. The third-order valence-corrected chi connectivity index (χ3v) is 4.80. The second-order valence-corrected chi connectivity index (χ2v) is 7.00. The molecule has 0 aliphatic carbocycles. The largest absolute Gasteiger partial charge is 0.378 e. The van der Waals surface area contributed by atoms with Gasteiger partial charge in [-0.15, -0.1) is 11.8 Å². The van der Waals surface area contributed by atoms with Crippen molar-refractivity contribution in [3.63, 3.8) is 0 Å². The number of benzene rings is 1. The van der Waals surface area contributed by atoms with Gasteiger partial charge < -0.3 is 10.2 Å². The Morgan fingerprint density at radius 3 is 2.50 bits per heavy atom. The Bertz CT molecular complexity index is 846. The van der Waals surface area contributed by atoms with Crippen LogP contribution in [0.4, 0.5) is 11.5 Å². The van der Waals surface area contributed by atoms with Gasteiger partial charge in [0.25, 0.3) is 0 Å². The number of hydrogen-bond acceptors (Lipinski definition) is 5. The molecule has 0 spiro atoms. The minimum atomic E-state index is -0.0588. The first-order chi connectivity index (χ1) is 12.6. The van der Waals surface area contributed by atoms with E-state index in [2.05, 4.69) is 44.6 Å².